The third-order valence-electron chi connectivity index (χ3n) is 9.41. The van der Waals surface area contributed by atoms with Crippen molar-refractivity contribution < 1.29 is 60.0 Å². The fourth-order valence-electron chi connectivity index (χ4n) is 6.28. The van der Waals surface area contributed by atoms with Crippen LogP contribution in [0.15, 0.2) is 84.9 Å². The molecule has 0 aromatic heterocycles. The number of nitrogens with zero attached hydrogens (tertiary/aromatic N) is 6. The monoisotopic (exact) mass is 836 g/mol. The summed E-state index contributed by atoms with van der Waals surface area (Å²) < 4.78 is 93.8. The van der Waals surface area contributed by atoms with Crippen molar-refractivity contribution in [2.24, 2.45) is 0 Å². The quantitative estimate of drug-likeness (QED) is 0.104. The number of piperazine rings is 2. The summed E-state index contributed by atoms with van der Waals surface area (Å²) in [4.78, 5) is 52.8. The fraction of sp³-hybridized carbons (Fsp3) is 0.316. The second-order valence-electron chi connectivity index (χ2n) is 13.1. The number of carbonyl (C=O) groups excluding carboxylic acids is 2. The van der Waals surface area contributed by atoms with Crippen LogP contribution in [0, 0.1) is 20.2 Å². The smallest absolute Gasteiger partial charge is 0.416 e. The molecule has 21 heteroatoms. The Labute approximate surface area is 330 Å². The van der Waals surface area contributed by atoms with Gasteiger partial charge in [-0.2, -0.15) is 26.3 Å². The molecule has 6 rings (SSSR count). The van der Waals surface area contributed by atoms with Crippen molar-refractivity contribution >= 4 is 34.6 Å². The minimum absolute atomic E-state index is 0.0365. The van der Waals surface area contributed by atoms with E-state index in [4.69, 9.17) is 4.74 Å². The molecule has 314 valence electrons. The van der Waals surface area contributed by atoms with E-state index in [1.165, 1.54) is 46.2 Å². The van der Waals surface area contributed by atoms with Gasteiger partial charge in [0.05, 0.1) is 32.1 Å². The number of benzene rings is 4. The lowest BCUT2D eigenvalue weighted by molar-refractivity contribution is -0.385. The molecule has 2 aliphatic rings. The molecule has 2 saturated heterocycles. The Balaban J connectivity index is 0.000000225. The Hall–Kier alpha value is -6.67. The van der Waals surface area contributed by atoms with E-state index in [0.717, 1.165) is 48.5 Å². The standard InChI is InChI=1S/C20H19F4N3O4.C18H16F3N3O4/c21-7-12-31-18-6-5-16(27(29)30)13-17(18)19(28)26-10-8-25(9-11-26)15-3-1-14(2-4-15)20(22,23)24;19-18(20,21)12-1-3-13(4-2-12)22-7-9-23(10-8-22)17(26)15-11-14(24(27)28)5-6-16(15)25/h1-6,13H,7-12H2;1-6,11,25H,7-10H2. The molecule has 0 unspecified atom stereocenters. The molecule has 0 radical (unpaired) electrons. The summed E-state index contributed by atoms with van der Waals surface area (Å²) in [6, 6.07) is 16.3. The van der Waals surface area contributed by atoms with Crippen LogP contribution in [0.25, 0.3) is 0 Å². The van der Waals surface area contributed by atoms with Gasteiger partial charge < -0.3 is 29.4 Å². The Kier molecular flexibility index (Phi) is 13.5. The van der Waals surface area contributed by atoms with Crippen molar-refractivity contribution in [3.63, 3.8) is 0 Å². The Morgan fingerprint density at radius 3 is 1.39 bits per heavy atom. The molecule has 4 aromatic carbocycles. The summed E-state index contributed by atoms with van der Waals surface area (Å²) in [7, 11) is 0. The van der Waals surface area contributed by atoms with Crippen LogP contribution in [0.1, 0.15) is 31.8 Å². The van der Waals surface area contributed by atoms with Gasteiger partial charge in [0.1, 0.15) is 24.8 Å². The number of phenols is 1. The number of amides is 2. The predicted octanol–water partition coefficient (Wildman–Crippen LogP) is 7.21. The van der Waals surface area contributed by atoms with E-state index in [-0.39, 0.29) is 66.8 Å². The number of nitro groups is 2. The lowest BCUT2D eigenvalue weighted by atomic mass is 10.1. The van der Waals surface area contributed by atoms with Gasteiger partial charge in [0, 0.05) is 88.0 Å². The maximum atomic E-state index is 12.9. The topological polar surface area (TPSA) is 163 Å². The lowest BCUT2D eigenvalue weighted by Crippen LogP contribution is -2.48. The highest BCUT2D eigenvalue weighted by Crippen LogP contribution is 2.33. The third-order valence-corrected chi connectivity index (χ3v) is 9.41. The van der Waals surface area contributed by atoms with Gasteiger partial charge in [-0.05, 0) is 60.7 Å². The van der Waals surface area contributed by atoms with Gasteiger partial charge in [-0.3, -0.25) is 29.8 Å². The second-order valence-corrected chi connectivity index (χ2v) is 13.1. The first-order valence-electron chi connectivity index (χ1n) is 17.7. The van der Waals surface area contributed by atoms with E-state index in [1.807, 2.05) is 9.80 Å². The molecule has 1 N–H and O–H groups in total. The predicted molar refractivity (Wildman–Crippen MR) is 198 cm³/mol. The average molecular weight is 837 g/mol. The normalized spacial score (nSPS) is 14.6. The van der Waals surface area contributed by atoms with Crippen LogP contribution in [0.3, 0.4) is 0 Å². The number of aromatic hydroxyl groups is 1. The molecule has 0 atom stereocenters. The van der Waals surface area contributed by atoms with Crippen molar-refractivity contribution in [2.45, 2.75) is 12.4 Å². The van der Waals surface area contributed by atoms with Crippen LogP contribution in [-0.4, -0.2) is 102 Å². The van der Waals surface area contributed by atoms with E-state index < -0.39 is 51.8 Å². The molecule has 2 heterocycles. The minimum Gasteiger partial charge on any atom is -0.507 e. The summed E-state index contributed by atoms with van der Waals surface area (Å²) in [5.74, 6) is -1.32. The molecule has 59 heavy (non-hydrogen) atoms. The fourth-order valence-corrected chi connectivity index (χ4v) is 6.28. The van der Waals surface area contributed by atoms with E-state index in [9.17, 15) is 65.7 Å². The summed E-state index contributed by atoms with van der Waals surface area (Å²) in [5, 5.41) is 31.8. The molecule has 0 saturated carbocycles. The van der Waals surface area contributed by atoms with E-state index in [0.29, 0.717) is 37.6 Å². The molecule has 4 aromatic rings. The largest absolute Gasteiger partial charge is 0.507 e. The van der Waals surface area contributed by atoms with Crippen molar-refractivity contribution in [2.75, 3.05) is 75.4 Å². The Morgan fingerprint density at radius 1 is 0.610 bits per heavy atom. The van der Waals surface area contributed by atoms with Gasteiger partial charge >= 0.3 is 12.4 Å². The zero-order chi connectivity index (χ0) is 43.1. The van der Waals surface area contributed by atoms with Gasteiger partial charge in [-0.1, -0.05) is 0 Å². The molecule has 0 aliphatic carbocycles. The van der Waals surface area contributed by atoms with E-state index in [1.54, 1.807) is 0 Å². The van der Waals surface area contributed by atoms with E-state index in [2.05, 4.69) is 0 Å². The van der Waals surface area contributed by atoms with Gasteiger partial charge in [0.15, 0.2) is 0 Å². The number of hydrogen-bond donors (Lipinski definition) is 1. The van der Waals surface area contributed by atoms with E-state index >= 15 is 0 Å². The number of hydrogen-bond acceptors (Lipinski definition) is 10. The van der Waals surface area contributed by atoms with Crippen LogP contribution >= 0.6 is 0 Å². The van der Waals surface area contributed by atoms with Gasteiger partial charge in [0.2, 0.25) is 0 Å². The van der Waals surface area contributed by atoms with Crippen LogP contribution in [0.4, 0.5) is 53.5 Å². The number of phenolic OH excluding ortho intramolecular Hbond substituents is 1. The summed E-state index contributed by atoms with van der Waals surface area (Å²) >= 11 is 0. The van der Waals surface area contributed by atoms with Gasteiger partial charge in [-0.15, -0.1) is 0 Å². The first kappa shape index (κ1) is 43.5. The van der Waals surface area contributed by atoms with Gasteiger partial charge in [0.25, 0.3) is 23.2 Å². The number of nitro benzene ring substituents is 2. The second kappa shape index (κ2) is 18.3. The molecular formula is C38H35F7N6O8. The molecule has 2 amide bonds. The summed E-state index contributed by atoms with van der Waals surface area (Å²) in [6.45, 7) is 1.47. The SMILES string of the molecule is O=C(c1cc([N+](=O)[O-])ccc1O)N1CCN(c2ccc(C(F)(F)F)cc2)CC1.O=C(c1cc([N+](=O)[O-])ccc1OCCF)N1CCN(c2ccc(C(F)(F)F)cc2)CC1. The van der Waals surface area contributed by atoms with Crippen molar-refractivity contribution in [3.05, 3.63) is 127 Å². The zero-order valence-corrected chi connectivity index (χ0v) is 30.8. The molecule has 0 bridgehead atoms. The number of ether oxygens (including phenoxy) is 1. The molecule has 2 fully saturated rings. The third kappa shape index (κ3) is 10.8. The summed E-state index contributed by atoms with van der Waals surface area (Å²) in [6.07, 6.45) is -8.81. The first-order chi connectivity index (χ1) is 27.9. The van der Waals surface area contributed by atoms with Crippen LogP contribution < -0.4 is 14.5 Å². The minimum atomic E-state index is -4.41. The van der Waals surface area contributed by atoms with Crippen molar-refractivity contribution in [3.8, 4) is 11.5 Å². The van der Waals surface area contributed by atoms with Crippen LogP contribution in [0.2, 0.25) is 0 Å². The number of non-ortho nitro benzene ring substituents is 2. The molecular weight excluding hydrogens is 801 g/mol. The Morgan fingerprint density at radius 2 is 1.00 bits per heavy atom. The molecule has 14 nitrogen and oxygen atoms in total. The van der Waals surface area contributed by atoms with Crippen molar-refractivity contribution in [1.82, 2.24) is 9.80 Å². The van der Waals surface area contributed by atoms with Crippen LogP contribution in [-0.2, 0) is 12.4 Å². The molecule has 2 aliphatic heterocycles. The number of carbonyl (C=O) groups is 2. The average Bonchev–Trinajstić information content (AvgIpc) is 3.22. The number of alkyl halides is 7. The first-order valence-corrected chi connectivity index (χ1v) is 17.7. The van der Waals surface area contributed by atoms with Crippen molar-refractivity contribution in [1.29, 1.82) is 0 Å². The van der Waals surface area contributed by atoms with Crippen LogP contribution in [0.5, 0.6) is 11.5 Å². The maximum absolute atomic E-state index is 12.9. The Bertz CT molecular complexity index is 2140. The maximum Gasteiger partial charge on any atom is 0.416 e. The summed E-state index contributed by atoms with van der Waals surface area (Å²) in [5.41, 5.74) is -1.05. The lowest BCUT2D eigenvalue weighted by Gasteiger charge is -2.36. The number of rotatable bonds is 9. The highest BCUT2D eigenvalue weighted by molar-refractivity contribution is 5.98. The molecule has 0 spiro atoms. The zero-order valence-electron chi connectivity index (χ0n) is 30.8. The number of anilines is 2. The van der Waals surface area contributed by atoms with Gasteiger partial charge in [-0.25, -0.2) is 4.39 Å². The highest BCUT2D eigenvalue weighted by Gasteiger charge is 2.32. The number of halogens is 7. The highest BCUT2D eigenvalue weighted by atomic mass is 19.4.